The van der Waals surface area contributed by atoms with Crippen molar-refractivity contribution in [1.82, 2.24) is 20.2 Å². The van der Waals surface area contributed by atoms with Crippen LogP contribution in [-0.4, -0.2) is 34.4 Å². The maximum atomic E-state index is 12.1. The molecule has 0 aliphatic heterocycles. The summed E-state index contributed by atoms with van der Waals surface area (Å²) >= 11 is 0. The molecule has 0 unspecified atom stereocenters. The minimum absolute atomic E-state index is 0.0181. The van der Waals surface area contributed by atoms with Gasteiger partial charge in [0.15, 0.2) is 0 Å². The topological polar surface area (TPSA) is 58.1 Å². The Balaban J connectivity index is 0. The fourth-order valence-corrected chi connectivity index (χ4v) is 4.70. The van der Waals surface area contributed by atoms with Crippen LogP contribution in [0.1, 0.15) is 115 Å². The number of rotatable bonds is 9. The molecule has 0 atom stereocenters. The molecule has 2 heterocycles. The molecule has 5 nitrogen and oxygen atoms in total. The molecule has 1 N–H and O–H groups in total. The van der Waals surface area contributed by atoms with Gasteiger partial charge in [0.05, 0.1) is 17.1 Å². The highest BCUT2D eigenvalue weighted by Crippen LogP contribution is 2.31. The van der Waals surface area contributed by atoms with E-state index in [9.17, 15) is 4.79 Å². The van der Waals surface area contributed by atoms with Gasteiger partial charge in [-0.15, -0.1) is 0 Å². The lowest BCUT2D eigenvalue weighted by atomic mass is 9.91. The number of hydrogen-bond acceptors (Lipinski definition) is 4. The van der Waals surface area contributed by atoms with E-state index in [0.29, 0.717) is 5.92 Å². The SMILES string of the molecule is C=C(NCC)c1ccc(-c2cc3cccc(/C(C)=C/C(=C(C)\C(=C/C)N(C)C(C)=O)C(C)C)c3cn2)cn1.CC.CC.CC.CC. The van der Waals surface area contributed by atoms with Gasteiger partial charge in [-0.1, -0.05) is 106 Å². The average molecular weight is 629 g/mol. The molecule has 0 bridgehead atoms. The molecule has 0 aliphatic rings. The number of carbonyl (C=O) groups excluding carboxylic acids is 1. The maximum Gasteiger partial charge on any atom is 0.223 e. The summed E-state index contributed by atoms with van der Waals surface area (Å²) in [7, 11) is 1.82. The van der Waals surface area contributed by atoms with Crippen LogP contribution >= 0.6 is 0 Å². The minimum Gasteiger partial charge on any atom is -0.384 e. The highest BCUT2D eigenvalue weighted by Gasteiger charge is 2.16. The van der Waals surface area contributed by atoms with Crippen LogP contribution in [0, 0.1) is 5.92 Å². The first-order valence-electron chi connectivity index (χ1n) is 17.2. The lowest BCUT2D eigenvalue weighted by Crippen LogP contribution is -2.24. The Morgan fingerprint density at radius 2 is 1.54 bits per heavy atom. The number of aromatic nitrogens is 2. The van der Waals surface area contributed by atoms with Gasteiger partial charge in [-0.2, -0.15) is 0 Å². The molecule has 5 heteroatoms. The highest BCUT2D eigenvalue weighted by atomic mass is 16.2. The molecule has 0 fully saturated rings. The fraction of sp³-hybridized carbons (Fsp3) is 0.439. The summed E-state index contributed by atoms with van der Waals surface area (Å²) in [6.07, 6.45) is 8.05. The third kappa shape index (κ3) is 12.4. The number of hydrogen-bond donors (Lipinski definition) is 1. The Kier molecular flexibility index (Phi) is 23.3. The first-order chi connectivity index (χ1) is 22.1. The molecule has 1 aromatic carbocycles. The van der Waals surface area contributed by atoms with E-state index in [4.69, 9.17) is 4.98 Å². The van der Waals surface area contributed by atoms with Crippen molar-refractivity contribution in [1.29, 1.82) is 0 Å². The Morgan fingerprint density at radius 1 is 0.935 bits per heavy atom. The Bertz CT molecular complexity index is 1430. The normalized spacial score (nSPS) is 11.2. The van der Waals surface area contributed by atoms with Crippen LogP contribution in [0.5, 0.6) is 0 Å². The summed E-state index contributed by atoms with van der Waals surface area (Å²) in [5.74, 6) is 0.309. The third-order valence-corrected chi connectivity index (χ3v) is 6.87. The van der Waals surface area contributed by atoms with Crippen molar-refractivity contribution in [3.63, 3.8) is 0 Å². The minimum atomic E-state index is 0.0181. The smallest absolute Gasteiger partial charge is 0.223 e. The van der Waals surface area contributed by atoms with Gasteiger partial charge in [-0.3, -0.25) is 14.8 Å². The number of benzene rings is 1. The van der Waals surface area contributed by atoms with Crippen molar-refractivity contribution < 1.29 is 4.79 Å². The molecule has 0 saturated heterocycles. The Labute approximate surface area is 282 Å². The monoisotopic (exact) mass is 629 g/mol. The zero-order chi connectivity index (χ0) is 36.0. The second kappa shape index (κ2) is 24.3. The van der Waals surface area contributed by atoms with E-state index in [1.54, 1.807) is 11.8 Å². The summed E-state index contributed by atoms with van der Waals surface area (Å²) in [5.41, 5.74) is 9.04. The number of pyridine rings is 2. The van der Waals surface area contributed by atoms with Gasteiger partial charge in [0.25, 0.3) is 0 Å². The lowest BCUT2D eigenvalue weighted by Gasteiger charge is -2.23. The largest absolute Gasteiger partial charge is 0.384 e. The molecule has 254 valence electrons. The summed E-state index contributed by atoms with van der Waals surface area (Å²) in [5, 5.41) is 5.43. The van der Waals surface area contributed by atoms with E-state index in [-0.39, 0.29) is 5.91 Å². The first-order valence-corrected chi connectivity index (χ1v) is 17.2. The van der Waals surface area contributed by atoms with Gasteiger partial charge >= 0.3 is 0 Å². The van der Waals surface area contributed by atoms with E-state index < -0.39 is 0 Å². The van der Waals surface area contributed by atoms with Gasteiger partial charge in [0, 0.05) is 49.6 Å². The van der Waals surface area contributed by atoms with E-state index >= 15 is 0 Å². The number of amides is 1. The highest BCUT2D eigenvalue weighted by molar-refractivity contribution is 5.95. The second-order valence-electron chi connectivity index (χ2n) is 9.85. The zero-order valence-electron chi connectivity index (χ0n) is 32.0. The molecule has 46 heavy (non-hydrogen) atoms. The molecular weight excluding hydrogens is 564 g/mol. The fourth-order valence-electron chi connectivity index (χ4n) is 4.70. The van der Waals surface area contributed by atoms with E-state index in [0.717, 1.165) is 62.4 Å². The van der Waals surface area contributed by atoms with Crippen molar-refractivity contribution in [2.45, 2.75) is 104 Å². The first kappa shape index (κ1) is 44.1. The Hall–Kier alpha value is -3.99. The summed E-state index contributed by atoms with van der Waals surface area (Å²) < 4.78 is 0. The van der Waals surface area contributed by atoms with Crippen LogP contribution in [0.3, 0.4) is 0 Å². The number of fused-ring (bicyclic) bond motifs is 1. The van der Waals surface area contributed by atoms with Gasteiger partial charge in [-0.25, -0.2) is 0 Å². The number of nitrogens with zero attached hydrogens (tertiary/aromatic N) is 3. The van der Waals surface area contributed by atoms with E-state index in [1.165, 1.54) is 5.57 Å². The molecule has 0 spiro atoms. The zero-order valence-corrected chi connectivity index (χ0v) is 32.0. The molecular formula is C41H64N4O. The lowest BCUT2D eigenvalue weighted by molar-refractivity contribution is -0.125. The molecule has 1 amide bonds. The predicted octanol–water partition coefficient (Wildman–Crippen LogP) is 11.7. The number of nitrogens with one attached hydrogen (secondary N) is 1. The molecule has 0 saturated carbocycles. The molecule has 3 rings (SSSR count). The van der Waals surface area contributed by atoms with E-state index in [2.05, 4.69) is 74.9 Å². The predicted molar refractivity (Wildman–Crippen MR) is 206 cm³/mol. The van der Waals surface area contributed by atoms with Crippen LogP contribution in [0.15, 0.2) is 84.4 Å². The van der Waals surface area contributed by atoms with Gasteiger partial charge in [-0.05, 0) is 79.5 Å². The van der Waals surface area contributed by atoms with Crippen LogP contribution in [0.4, 0.5) is 0 Å². The van der Waals surface area contributed by atoms with Crippen molar-refractivity contribution in [3.05, 3.63) is 95.6 Å². The van der Waals surface area contributed by atoms with Gasteiger partial charge in [0.1, 0.15) is 0 Å². The number of allylic oxidation sites excluding steroid dienone is 5. The Morgan fingerprint density at radius 3 is 2.02 bits per heavy atom. The van der Waals surface area contributed by atoms with Crippen LogP contribution in [-0.2, 0) is 4.79 Å². The van der Waals surface area contributed by atoms with Crippen molar-refractivity contribution in [2.75, 3.05) is 13.6 Å². The summed E-state index contributed by atoms with van der Waals surface area (Å²) in [6.45, 7) is 35.1. The summed E-state index contributed by atoms with van der Waals surface area (Å²) in [6, 6.07) is 12.5. The van der Waals surface area contributed by atoms with E-state index in [1.807, 2.05) is 107 Å². The second-order valence-corrected chi connectivity index (χ2v) is 9.85. The van der Waals surface area contributed by atoms with Crippen molar-refractivity contribution >= 4 is 27.9 Å². The molecule has 0 aliphatic carbocycles. The van der Waals surface area contributed by atoms with Gasteiger partial charge < -0.3 is 10.2 Å². The van der Waals surface area contributed by atoms with Gasteiger partial charge in [0.2, 0.25) is 5.91 Å². The van der Waals surface area contributed by atoms with Crippen LogP contribution < -0.4 is 5.32 Å². The molecule has 3 aromatic rings. The van der Waals surface area contributed by atoms with Crippen molar-refractivity contribution in [3.8, 4) is 11.3 Å². The standard InChI is InChI=1S/C33H40N4O.4C2H6/c1-10-33(37(9)25(8)38)23(6)29(21(3)4)17-22(5)28-14-12-13-26-18-32(36-20-30(26)28)27-15-16-31(35-19-27)24(7)34-11-2;4*1-2/h10,12-21,34H,7,11H2,1-6,8-9H3;4*1-2H3/b22-17+,29-23+,33-10+;;;;. The van der Waals surface area contributed by atoms with Crippen LogP contribution in [0.25, 0.3) is 33.3 Å². The van der Waals surface area contributed by atoms with Crippen molar-refractivity contribution in [2.24, 2.45) is 5.92 Å². The average Bonchev–Trinajstić information content (AvgIpc) is 3.10. The van der Waals surface area contributed by atoms with Crippen LogP contribution in [0.2, 0.25) is 0 Å². The molecule has 0 radical (unpaired) electrons. The summed E-state index contributed by atoms with van der Waals surface area (Å²) in [4.78, 5) is 23.1. The number of carbonyl (C=O) groups is 1. The quantitative estimate of drug-likeness (QED) is 0.240. The molecule has 2 aromatic heterocycles. The third-order valence-electron chi connectivity index (χ3n) is 6.87. The maximum absolute atomic E-state index is 12.1. The number of likely N-dealkylation sites (N-methyl/N-ethyl adjacent to an activating group) is 1.